The van der Waals surface area contributed by atoms with Crippen molar-refractivity contribution >= 4 is 11.0 Å². The van der Waals surface area contributed by atoms with Crippen molar-refractivity contribution in [2.45, 2.75) is 47.0 Å². The first-order chi connectivity index (χ1) is 10.7. The summed E-state index contributed by atoms with van der Waals surface area (Å²) < 4.78 is 2.17. The zero-order valence-electron chi connectivity index (χ0n) is 14.3. The van der Waals surface area contributed by atoms with Crippen molar-refractivity contribution in [2.75, 3.05) is 0 Å². The van der Waals surface area contributed by atoms with Crippen LogP contribution in [0.2, 0.25) is 0 Å². The Bertz CT molecular complexity index is 738. The Labute approximate surface area is 133 Å². The van der Waals surface area contributed by atoms with E-state index in [0.717, 1.165) is 11.9 Å². The summed E-state index contributed by atoms with van der Waals surface area (Å²) in [6.07, 6.45) is 2.97. The van der Waals surface area contributed by atoms with Crippen molar-refractivity contribution in [3.8, 4) is 5.69 Å². The highest BCUT2D eigenvalue weighted by atomic mass is 15.0. The van der Waals surface area contributed by atoms with E-state index < -0.39 is 0 Å². The SMILES string of the molecule is CC.CCc1cccc(-n2cnc3cc(C(C)C)ccc32)c1. The number of fused-ring (bicyclic) bond motifs is 1. The highest BCUT2D eigenvalue weighted by Gasteiger charge is 2.07. The largest absolute Gasteiger partial charge is 0.299 e. The molecule has 0 atom stereocenters. The summed E-state index contributed by atoms with van der Waals surface area (Å²) in [7, 11) is 0. The molecule has 0 amide bonds. The van der Waals surface area contributed by atoms with Crippen LogP contribution in [0.3, 0.4) is 0 Å². The number of nitrogens with zero attached hydrogens (tertiary/aromatic N) is 2. The van der Waals surface area contributed by atoms with E-state index in [1.807, 2.05) is 20.2 Å². The molecule has 2 nitrogen and oxygen atoms in total. The molecule has 1 heterocycles. The lowest BCUT2D eigenvalue weighted by Crippen LogP contribution is -1.94. The number of benzene rings is 2. The second-order valence-electron chi connectivity index (χ2n) is 5.54. The third kappa shape index (κ3) is 3.22. The minimum atomic E-state index is 0.535. The Morgan fingerprint density at radius 2 is 1.82 bits per heavy atom. The third-order valence-electron chi connectivity index (χ3n) is 3.83. The van der Waals surface area contributed by atoms with Gasteiger partial charge in [0.25, 0.3) is 0 Å². The first-order valence-corrected chi connectivity index (χ1v) is 8.25. The molecule has 2 heteroatoms. The predicted molar refractivity (Wildman–Crippen MR) is 95.9 cm³/mol. The molecule has 2 aromatic carbocycles. The van der Waals surface area contributed by atoms with Gasteiger partial charge in [-0.15, -0.1) is 0 Å². The average Bonchev–Trinajstić information content (AvgIpc) is 2.99. The molecule has 22 heavy (non-hydrogen) atoms. The maximum atomic E-state index is 4.56. The van der Waals surface area contributed by atoms with Gasteiger partial charge in [0, 0.05) is 5.69 Å². The highest BCUT2D eigenvalue weighted by molar-refractivity contribution is 5.78. The Balaban J connectivity index is 0.000000847. The normalized spacial score (nSPS) is 10.6. The van der Waals surface area contributed by atoms with Gasteiger partial charge in [-0.25, -0.2) is 4.98 Å². The monoisotopic (exact) mass is 294 g/mol. The van der Waals surface area contributed by atoms with Gasteiger partial charge in [-0.2, -0.15) is 0 Å². The minimum absolute atomic E-state index is 0.535. The van der Waals surface area contributed by atoms with Crippen LogP contribution in [0.5, 0.6) is 0 Å². The summed E-state index contributed by atoms with van der Waals surface area (Å²) in [5.74, 6) is 0.535. The van der Waals surface area contributed by atoms with E-state index in [9.17, 15) is 0 Å². The molecule has 0 aliphatic rings. The van der Waals surface area contributed by atoms with E-state index in [1.165, 1.54) is 22.3 Å². The van der Waals surface area contributed by atoms with Gasteiger partial charge in [0.05, 0.1) is 11.0 Å². The van der Waals surface area contributed by atoms with Crippen LogP contribution in [0.25, 0.3) is 16.7 Å². The Morgan fingerprint density at radius 3 is 2.50 bits per heavy atom. The standard InChI is InChI=1S/C18H20N2.C2H6/c1-4-14-6-5-7-16(10-14)20-12-19-17-11-15(13(2)3)8-9-18(17)20;1-2/h5-13H,4H2,1-3H3;1-2H3. The molecule has 3 aromatic rings. The van der Waals surface area contributed by atoms with Crippen LogP contribution in [0.1, 0.15) is 51.7 Å². The summed E-state index contributed by atoms with van der Waals surface area (Å²) in [5.41, 5.74) is 6.11. The van der Waals surface area contributed by atoms with Crippen molar-refractivity contribution in [2.24, 2.45) is 0 Å². The molecule has 0 saturated carbocycles. The lowest BCUT2D eigenvalue weighted by Gasteiger charge is -2.08. The van der Waals surface area contributed by atoms with Gasteiger partial charge < -0.3 is 0 Å². The predicted octanol–water partition coefficient (Wildman–Crippen LogP) is 5.74. The molecule has 0 aliphatic carbocycles. The maximum Gasteiger partial charge on any atom is 0.100 e. The van der Waals surface area contributed by atoms with E-state index in [1.54, 1.807) is 0 Å². The van der Waals surface area contributed by atoms with Gasteiger partial charge >= 0.3 is 0 Å². The van der Waals surface area contributed by atoms with E-state index in [-0.39, 0.29) is 0 Å². The number of hydrogen-bond donors (Lipinski definition) is 0. The van der Waals surface area contributed by atoms with Gasteiger partial charge in [-0.3, -0.25) is 4.57 Å². The van der Waals surface area contributed by atoms with Gasteiger partial charge in [-0.1, -0.05) is 52.8 Å². The van der Waals surface area contributed by atoms with E-state index in [0.29, 0.717) is 5.92 Å². The first-order valence-electron chi connectivity index (χ1n) is 8.25. The molecule has 0 radical (unpaired) electrons. The number of imidazole rings is 1. The Kier molecular flexibility index (Phi) is 5.37. The van der Waals surface area contributed by atoms with Crippen LogP contribution in [-0.4, -0.2) is 9.55 Å². The number of rotatable bonds is 3. The smallest absolute Gasteiger partial charge is 0.100 e. The number of hydrogen-bond acceptors (Lipinski definition) is 1. The molecule has 0 fully saturated rings. The first kappa shape index (κ1) is 16.3. The van der Waals surface area contributed by atoms with Gasteiger partial charge in [0.15, 0.2) is 0 Å². The highest BCUT2D eigenvalue weighted by Crippen LogP contribution is 2.23. The zero-order valence-corrected chi connectivity index (χ0v) is 14.3. The topological polar surface area (TPSA) is 17.8 Å². The van der Waals surface area contributed by atoms with Crippen LogP contribution in [-0.2, 0) is 6.42 Å². The van der Waals surface area contributed by atoms with Crippen LogP contribution in [0.15, 0.2) is 48.8 Å². The molecule has 3 rings (SSSR count). The molecule has 0 N–H and O–H groups in total. The van der Waals surface area contributed by atoms with E-state index in [2.05, 4.69) is 72.8 Å². The van der Waals surface area contributed by atoms with Crippen LogP contribution >= 0.6 is 0 Å². The number of aryl methyl sites for hydroxylation is 1. The fraction of sp³-hybridized carbons (Fsp3) is 0.350. The fourth-order valence-corrected chi connectivity index (χ4v) is 2.52. The molecule has 0 aliphatic heterocycles. The van der Waals surface area contributed by atoms with E-state index in [4.69, 9.17) is 0 Å². The molecule has 0 unspecified atom stereocenters. The average molecular weight is 294 g/mol. The fourth-order valence-electron chi connectivity index (χ4n) is 2.52. The van der Waals surface area contributed by atoms with Gasteiger partial charge in [0.2, 0.25) is 0 Å². The maximum absolute atomic E-state index is 4.56. The molecular formula is C20H26N2. The summed E-state index contributed by atoms with van der Waals surface area (Å²) in [4.78, 5) is 4.56. The van der Waals surface area contributed by atoms with E-state index >= 15 is 0 Å². The van der Waals surface area contributed by atoms with Crippen LogP contribution < -0.4 is 0 Å². The zero-order chi connectivity index (χ0) is 16.1. The van der Waals surface area contributed by atoms with Crippen LogP contribution in [0, 0.1) is 0 Å². The van der Waals surface area contributed by atoms with Gasteiger partial charge in [0.1, 0.15) is 6.33 Å². The molecule has 116 valence electrons. The van der Waals surface area contributed by atoms with Gasteiger partial charge in [-0.05, 0) is 47.7 Å². The number of aromatic nitrogens is 2. The van der Waals surface area contributed by atoms with Crippen molar-refractivity contribution < 1.29 is 0 Å². The lowest BCUT2D eigenvalue weighted by atomic mass is 10.0. The minimum Gasteiger partial charge on any atom is -0.299 e. The molecular weight excluding hydrogens is 268 g/mol. The van der Waals surface area contributed by atoms with Crippen molar-refractivity contribution in [3.05, 3.63) is 59.9 Å². The quantitative estimate of drug-likeness (QED) is 0.602. The summed E-state index contributed by atoms with van der Waals surface area (Å²) >= 11 is 0. The van der Waals surface area contributed by atoms with Crippen molar-refractivity contribution in [3.63, 3.8) is 0 Å². The molecule has 0 bridgehead atoms. The van der Waals surface area contributed by atoms with Crippen LogP contribution in [0.4, 0.5) is 0 Å². The second kappa shape index (κ2) is 7.26. The Hall–Kier alpha value is -2.09. The molecule has 0 saturated heterocycles. The summed E-state index contributed by atoms with van der Waals surface area (Å²) in [6.45, 7) is 10.6. The lowest BCUT2D eigenvalue weighted by molar-refractivity contribution is 0.868. The molecule has 1 aromatic heterocycles. The summed E-state index contributed by atoms with van der Waals surface area (Å²) in [5, 5.41) is 0. The third-order valence-corrected chi connectivity index (χ3v) is 3.83. The van der Waals surface area contributed by atoms with Crippen molar-refractivity contribution in [1.82, 2.24) is 9.55 Å². The second-order valence-corrected chi connectivity index (χ2v) is 5.54. The van der Waals surface area contributed by atoms with Crippen molar-refractivity contribution in [1.29, 1.82) is 0 Å². The Morgan fingerprint density at radius 1 is 1.05 bits per heavy atom. The molecule has 0 spiro atoms. The summed E-state index contributed by atoms with van der Waals surface area (Å²) in [6, 6.07) is 15.2.